The van der Waals surface area contributed by atoms with Gasteiger partial charge in [-0.1, -0.05) is 43.3 Å². The van der Waals surface area contributed by atoms with Crippen molar-refractivity contribution in [1.29, 1.82) is 0 Å². The maximum Gasteiger partial charge on any atom is 0.241 e. The molecule has 3 nitrogen and oxygen atoms in total. The number of rotatable bonds is 7. The lowest BCUT2D eigenvalue weighted by Gasteiger charge is -2.15. The van der Waals surface area contributed by atoms with E-state index in [1.807, 2.05) is 49.0 Å². The highest BCUT2D eigenvalue weighted by atomic mass is 32.2. The van der Waals surface area contributed by atoms with Crippen LogP contribution in [0.1, 0.15) is 20.3 Å². The van der Waals surface area contributed by atoms with Gasteiger partial charge in [-0.3, -0.25) is 0 Å². The van der Waals surface area contributed by atoms with E-state index in [2.05, 4.69) is 11.6 Å². The van der Waals surface area contributed by atoms with Crippen LogP contribution in [-0.2, 0) is 10.0 Å². The van der Waals surface area contributed by atoms with Crippen molar-refractivity contribution >= 4 is 32.6 Å². The lowest BCUT2D eigenvalue weighted by molar-refractivity contribution is 0.558. The molecule has 5 heteroatoms. The third-order valence-electron chi connectivity index (χ3n) is 3.29. The van der Waals surface area contributed by atoms with E-state index in [1.54, 1.807) is 12.1 Å². The summed E-state index contributed by atoms with van der Waals surface area (Å²) in [4.78, 5) is 0.357. The molecule has 0 aliphatic heterocycles. The van der Waals surface area contributed by atoms with Gasteiger partial charge >= 0.3 is 0 Å². The minimum Gasteiger partial charge on any atom is -0.208 e. The number of thioether (sulfide) groups is 1. The number of sulfonamides is 1. The van der Waals surface area contributed by atoms with Gasteiger partial charge in [0.15, 0.2) is 0 Å². The van der Waals surface area contributed by atoms with Crippen LogP contribution in [0.5, 0.6) is 0 Å². The van der Waals surface area contributed by atoms with Crippen molar-refractivity contribution in [3.8, 4) is 0 Å². The van der Waals surface area contributed by atoms with E-state index in [0.29, 0.717) is 4.90 Å². The summed E-state index contributed by atoms with van der Waals surface area (Å²) in [6.45, 7) is 4.02. The molecule has 0 spiro atoms. The van der Waals surface area contributed by atoms with E-state index in [-0.39, 0.29) is 6.04 Å². The van der Waals surface area contributed by atoms with Crippen molar-refractivity contribution < 1.29 is 8.42 Å². The number of nitrogens with one attached hydrogen (secondary N) is 1. The monoisotopic (exact) mass is 323 g/mol. The number of hydrogen-bond donors (Lipinski definition) is 1. The summed E-state index contributed by atoms with van der Waals surface area (Å²) in [6, 6.07) is 12.9. The van der Waals surface area contributed by atoms with E-state index < -0.39 is 10.0 Å². The second-order valence-electron chi connectivity index (χ2n) is 4.99. The fourth-order valence-electron chi connectivity index (χ4n) is 2.22. The Kier molecular flexibility index (Phi) is 5.67. The van der Waals surface area contributed by atoms with E-state index in [9.17, 15) is 8.42 Å². The Morgan fingerprint density at radius 3 is 2.62 bits per heavy atom. The van der Waals surface area contributed by atoms with Crippen LogP contribution >= 0.6 is 11.8 Å². The molecule has 2 rings (SSSR count). The molecule has 0 saturated carbocycles. The lowest BCUT2D eigenvalue weighted by atomic mass is 10.1. The number of benzene rings is 2. The van der Waals surface area contributed by atoms with Crippen LogP contribution in [0, 0.1) is 0 Å². The van der Waals surface area contributed by atoms with Gasteiger partial charge in [0.05, 0.1) is 4.90 Å². The topological polar surface area (TPSA) is 46.2 Å². The van der Waals surface area contributed by atoms with Gasteiger partial charge in [0.2, 0.25) is 10.0 Å². The zero-order chi connectivity index (χ0) is 15.3. The Labute approximate surface area is 131 Å². The molecule has 0 heterocycles. The molecule has 0 radical (unpaired) electrons. The van der Waals surface area contributed by atoms with Gasteiger partial charge in [0.1, 0.15) is 0 Å². The third kappa shape index (κ3) is 4.22. The SMILES string of the molecule is CCSCCC(C)NS(=O)(=O)c1cccc2ccccc12. The first kappa shape index (κ1) is 16.3. The molecule has 2 aromatic rings. The first-order valence-corrected chi connectivity index (χ1v) is 9.76. The van der Waals surface area contributed by atoms with Crippen molar-refractivity contribution in [2.45, 2.75) is 31.2 Å². The lowest BCUT2D eigenvalue weighted by Crippen LogP contribution is -2.33. The molecule has 0 aliphatic rings. The van der Waals surface area contributed by atoms with Gasteiger partial charge in [0.25, 0.3) is 0 Å². The summed E-state index contributed by atoms with van der Waals surface area (Å²) in [6.07, 6.45) is 0.836. The molecular weight excluding hydrogens is 302 g/mol. The molecule has 114 valence electrons. The van der Waals surface area contributed by atoms with Crippen molar-refractivity contribution in [1.82, 2.24) is 4.72 Å². The van der Waals surface area contributed by atoms with Crippen LogP contribution in [-0.4, -0.2) is 26.0 Å². The summed E-state index contributed by atoms with van der Waals surface area (Å²) >= 11 is 1.83. The van der Waals surface area contributed by atoms with E-state index in [4.69, 9.17) is 0 Å². The average Bonchev–Trinajstić information content (AvgIpc) is 2.46. The maximum absolute atomic E-state index is 12.6. The smallest absolute Gasteiger partial charge is 0.208 e. The van der Waals surface area contributed by atoms with Crippen molar-refractivity contribution in [3.63, 3.8) is 0 Å². The largest absolute Gasteiger partial charge is 0.241 e. The highest BCUT2D eigenvalue weighted by molar-refractivity contribution is 7.99. The molecule has 21 heavy (non-hydrogen) atoms. The minimum absolute atomic E-state index is 0.0620. The second kappa shape index (κ2) is 7.29. The Balaban J connectivity index is 2.22. The van der Waals surface area contributed by atoms with Gasteiger partial charge in [-0.25, -0.2) is 13.1 Å². The average molecular weight is 323 g/mol. The Bertz CT molecular complexity index is 693. The fraction of sp³-hybridized carbons (Fsp3) is 0.375. The van der Waals surface area contributed by atoms with Crippen LogP contribution in [0.2, 0.25) is 0 Å². The van der Waals surface area contributed by atoms with E-state index in [1.165, 1.54) is 0 Å². The van der Waals surface area contributed by atoms with Crippen LogP contribution in [0.4, 0.5) is 0 Å². The summed E-state index contributed by atoms with van der Waals surface area (Å²) in [5, 5.41) is 1.71. The molecule has 1 N–H and O–H groups in total. The van der Waals surface area contributed by atoms with Crippen LogP contribution in [0.25, 0.3) is 10.8 Å². The molecule has 0 saturated heterocycles. The standard InChI is InChI=1S/C16H21NO2S2/c1-3-20-12-11-13(2)17-21(18,19)16-10-6-8-14-7-4-5-9-15(14)16/h4-10,13,17H,3,11-12H2,1-2H3. The van der Waals surface area contributed by atoms with Crippen molar-refractivity contribution in [3.05, 3.63) is 42.5 Å². The Hall–Kier alpha value is -1.04. The van der Waals surface area contributed by atoms with Gasteiger partial charge < -0.3 is 0 Å². The molecule has 0 aliphatic carbocycles. The first-order valence-electron chi connectivity index (χ1n) is 7.12. The van der Waals surface area contributed by atoms with E-state index in [0.717, 1.165) is 28.7 Å². The number of hydrogen-bond acceptors (Lipinski definition) is 3. The van der Waals surface area contributed by atoms with Crippen LogP contribution < -0.4 is 4.72 Å². The normalized spacial score (nSPS) is 13.4. The van der Waals surface area contributed by atoms with Crippen LogP contribution in [0.15, 0.2) is 47.4 Å². The van der Waals surface area contributed by atoms with Crippen molar-refractivity contribution in [2.24, 2.45) is 0 Å². The minimum atomic E-state index is -3.48. The summed E-state index contributed by atoms with van der Waals surface area (Å²) in [5.41, 5.74) is 0. The summed E-state index contributed by atoms with van der Waals surface area (Å²) in [7, 11) is -3.48. The van der Waals surface area contributed by atoms with Gasteiger partial charge in [0, 0.05) is 11.4 Å². The Morgan fingerprint density at radius 2 is 1.86 bits per heavy atom. The third-order valence-corrected chi connectivity index (χ3v) is 5.88. The highest BCUT2D eigenvalue weighted by Gasteiger charge is 2.19. The quantitative estimate of drug-likeness (QED) is 0.791. The summed E-state index contributed by atoms with van der Waals surface area (Å²) in [5.74, 6) is 2.03. The zero-order valence-electron chi connectivity index (χ0n) is 12.4. The maximum atomic E-state index is 12.6. The van der Waals surface area contributed by atoms with Gasteiger partial charge in [-0.15, -0.1) is 0 Å². The van der Waals surface area contributed by atoms with E-state index >= 15 is 0 Å². The van der Waals surface area contributed by atoms with Crippen LogP contribution in [0.3, 0.4) is 0 Å². The molecule has 0 bridgehead atoms. The zero-order valence-corrected chi connectivity index (χ0v) is 14.0. The second-order valence-corrected chi connectivity index (χ2v) is 8.06. The fourth-order valence-corrected chi connectivity index (χ4v) is 4.54. The number of fused-ring (bicyclic) bond motifs is 1. The molecule has 0 fully saturated rings. The first-order chi connectivity index (χ1) is 10.0. The molecular formula is C16H21NO2S2. The Morgan fingerprint density at radius 1 is 1.14 bits per heavy atom. The molecule has 1 unspecified atom stereocenters. The predicted molar refractivity (Wildman–Crippen MR) is 91.3 cm³/mol. The molecule has 0 aromatic heterocycles. The van der Waals surface area contributed by atoms with Gasteiger partial charge in [-0.2, -0.15) is 11.8 Å². The van der Waals surface area contributed by atoms with Crippen molar-refractivity contribution in [2.75, 3.05) is 11.5 Å². The highest BCUT2D eigenvalue weighted by Crippen LogP contribution is 2.23. The van der Waals surface area contributed by atoms with Gasteiger partial charge in [-0.05, 0) is 36.3 Å². The molecule has 2 aromatic carbocycles. The molecule has 1 atom stereocenters. The summed E-state index contributed by atoms with van der Waals surface area (Å²) < 4.78 is 27.9. The molecule has 0 amide bonds. The predicted octanol–water partition coefficient (Wildman–Crippen LogP) is 3.65.